The van der Waals surface area contributed by atoms with Crippen molar-refractivity contribution in [2.75, 3.05) is 11.6 Å². The summed E-state index contributed by atoms with van der Waals surface area (Å²) in [6, 6.07) is 8.08. The lowest BCUT2D eigenvalue weighted by Gasteiger charge is -2.24. The first kappa shape index (κ1) is 16.5. The first-order valence-corrected chi connectivity index (χ1v) is 8.76. The zero-order valence-corrected chi connectivity index (χ0v) is 14.2. The van der Waals surface area contributed by atoms with Gasteiger partial charge in [-0.1, -0.05) is 23.4 Å². The molecule has 8 heteroatoms. The largest absolute Gasteiger partial charge is 0.343 e. The Morgan fingerprint density at radius 2 is 2.12 bits per heavy atom. The van der Waals surface area contributed by atoms with Gasteiger partial charge in [0.2, 0.25) is 11.8 Å². The fraction of sp³-hybridized carbons (Fsp3) is 0.375. The van der Waals surface area contributed by atoms with E-state index in [1.54, 1.807) is 42.6 Å². The Labute approximate surface area is 143 Å². The first-order chi connectivity index (χ1) is 11.6. The zero-order valence-electron chi connectivity index (χ0n) is 13.4. The molecule has 2 amide bonds. The first-order valence-electron chi connectivity index (χ1n) is 7.60. The number of carbonyl (C=O) groups is 2. The summed E-state index contributed by atoms with van der Waals surface area (Å²) in [6.45, 7) is 3.49. The van der Waals surface area contributed by atoms with Crippen molar-refractivity contribution in [2.24, 2.45) is 0 Å². The van der Waals surface area contributed by atoms with Crippen molar-refractivity contribution in [3.05, 3.63) is 47.6 Å². The second-order valence-electron chi connectivity index (χ2n) is 5.57. The Hall–Kier alpha value is -2.35. The van der Waals surface area contributed by atoms with Gasteiger partial charge in [0.15, 0.2) is 5.82 Å². The molecule has 126 valence electrons. The highest BCUT2D eigenvalue weighted by Gasteiger charge is 2.36. The normalized spacial score (nSPS) is 18.4. The molecule has 1 N–H and O–H groups in total. The minimum Gasteiger partial charge on any atom is -0.343 e. The monoisotopic (exact) mass is 346 g/mol. The van der Waals surface area contributed by atoms with Crippen LogP contribution in [0.1, 0.15) is 35.0 Å². The van der Waals surface area contributed by atoms with Crippen LogP contribution < -0.4 is 5.32 Å². The number of amides is 2. The van der Waals surface area contributed by atoms with Crippen LogP contribution in [0.15, 0.2) is 34.9 Å². The maximum absolute atomic E-state index is 12.6. The third-order valence-corrected chi connectivity index (χ3v) is 4.75. The number of carbonyl (C=O) groups excluding carboxylic acids is 2. The number of thioether (sulfide) groups is 1. The molecule has 0 aliphatic carbocycles. The van der Waals surface area contributed by atoms with Crippen molar-refractivity contribution in [3.8, 4) is 0 Å². The molecule has 7 nitrogen and oxygen atoms in total. The lowest BCUT2D eigenvalue weighted by molar-refractivity contribution is -0.125. The van der Waals surface area contributed by atoms with Gasteiger partial charge in [0.25, 0.3) is 5.91 Å². The molecule has 1 saturated heterocycles. The van der Waals surface area contributed by atoms with Gasteiger partial charge in [-0.15, -0.1) is 11.8 Å². The summed E-state index contributed by atoms with van der Waals surface area (Å²) in [6.07, 6.45) is 0. The lowest BCUT2D eigenvalue weighted by atomic mass is 10.1. The van der Waals surface area contributed by atoms with Crippen molar-refractivity contribution < 1.29 is 14.1 Å². The number of benzene rings is 1. The van der Waals surface area contributed by atoms with Gasteiger partial charge in [-0.2, -0.15) is 4.98 Å². The maximum atomic E-state index is 12.6. The molecule has 0 unspecified atom stereocenters. The maximum Gasteiger partial charge on any atom is 0.255 e. The Morgan fingerprint density at radius 3 is 2.79 bits per heavy atom. The van der Waals surface area contributed by atoms with Crippen LogP contribution in [0.5, 0.6) is 0 Å². The highest BCUT2D eigenvalue weighted by molar-refractivity contribution is 7.99. The summed E-state index contributed by atoms with van der Waals surface area (Å²) in [7, 11) is 0. The van der Waals surface area contributed by atoms with E-state index in [2.05, 4.69) is 15.5 Å². The summed E-state index contributed by atoms with van der Waals surface area (Å²) in [4.78, 5) is 30.9. The molecule has 1 aliphatic rings. The number of rotatable bonds is 4. The van der Waals surface area contributed by atoms with Crippen LogP contribution in [-0.4, -0.2) is 44.5 Å². The van der Waals surface area contributed by atoms with Crippen LogP contribution in [0.25, 0.3) is 0 Å². The van der Waals surface area contributed by atoms with E-state index in [-0.39, 0.29) is 11.8 Å². The molecule has 24 heavy (non-hydrogen) atoms. The van der Waals surface area contributed by atoms with Crippen molar-refractivity contribution in [1.82, 2.24) is 20.4 Å². The summed E-state index contributed by atoms with van der Waals surface area (Å²) >= 11 is 1.56. The smallest absolute Gasteiger partial charge is 0.255 e. The van der Waals surface area contributed by atoms with Gasteiger partial charge in [-0.05, 0) is 26.0 Å². The molecule has 1 fully saturated rings. The van der Waals surface area contributed by atoms with Gasteiger partial charge in [-0.25, -0.2) is 0 Å². The van der Waals surface area contributed by atoms with E-state index in [1.807, 2.05) is 18.2 Å². The SMILES string of the molecule is Cc1noc([C@@H](C)NC(=O)[C@H]2CSCN2C(=O)c2ccccc2)n1. The van der Waals surface area contributed by atoms with Gasteiger partial charge >= 0.3 is 0 Å². The third kappa shape index (κ3) is 3.43. The van der Waals surface area contributed by atoms with E-state index in [9.17, 15) is 9.59 Å². The highest BCUT2D eigenvalue weighted by Crippen LogP contribution is 2.24. The highest BCUT2D eigenvalue weighted by atomic mass is 32.2. The van der Waals surface area contributed by atoms with Crippen LogP contribution in [0.2, 0.25) is 0 Å². The fourth-order valence-electron chi connectivity index (χ4n) is 2.47. The number of nitrogens with one attached hydrogen (secondary N) is 1. The quantitative estimate of drug-likeness (QED) is 0.908. The summed E-state index contributed by atoms with van der Waals surface area (Å²) in [5.41, 5.74) is 0.582. The summed E-state index contributed by atoms with van der Waals surface area (Å²) in [5, 5.41) is 6.56. The van der Waals surface area contributed by atoms with Crippen LogP contribution in [0, 0.1) is 6.92 Å². The van der Waals surface area contributed by atoms with E-state index in [0.717, 1.165) is 0 Å². The standard InChI is InChI=1S/C16H18N4O3S/c1-10(15-18-11(2)19-23-15)17-14(21)13-8-24-9-20(13)16(22)12-6-4-3-5-7-12/h3-7,10,13H,8-9H2,1-2H3,(H,17,21)/t10-,13-/m1/s1. The zero-order chi connectivity index (χ0) is 17.1. The summed E-state index contributed by atoms with van der Waals surface area (Å²) < 4.78 is 5.07. The summed E-state index contributed by atoms with van der Waals surface area (Å²) in [5.74, 6) is 1.59. The number of hydrogen-bond acceptors (Lipinski definition) is 6. The Balaban J connectivity index is 1.68. The van der Waals surface area contributed by atoms with Crippen LogP contribution in [0.4, 0.5) is 0 Å². The third-order valence-electron chi connectivity index (χ3n) is 3.74. The molecule has 2 atom stereocenters. The molecule has 1 aromatic carbocycles. The van der Waals surface area contributed by atoms with Crippen LogP contribution in [0.3, 0.4) is 0 Å². The Kier molecular flexibility index (Phi) is 4.84. The molecule has 2 aromatic rings. The van der Waals surface area contributed by atoms with Crippen molar-refractivity contribution in [1.29, 1.82) is 0 Å². The second-order valence-corrected chi connectivity index (χ2v) is 6.57. The predicted molar refractivity (Wildman–Crippen MR) is 89.3 cm³/mol. The van der Waals surface area contributed by atoms with E-state index < -0.39 is 12.1 Å². The number of hydrogen-bond donors (Lipinski definition) is 1. The fourth-order valence-corrected chi connectivity index (χ4v) is 3.62. The Morgan fingerprint density at radius 1 is 1.38 bits per heavy atom. The van der Waals surface area contributed by atoms with Crippen molar-refractivity contribution in [3.63, 3.8) is 0 Å². The molecular formula is C16H18N4O3S. The minimum atomic E-state index is -0.505. The molecule has 0 spiro atoms. The van der Waals surface area contributed by atoms with Gasteiger partial charge in [0.05, 0.1) is 5.88 Å². The van der Waals surface area contributed by atoms with Gasteiger partial charge in [-0.3, -0.25) is 9.59 Å². The lowest BCUT2D eigenvalue weighted by Crippen LogP contribution is -2.47. The van der Waals surface area contributed by atoms with E-state index in [0.29, 0.717) is 28.9 Å². The molecule has 0 saturated carbocycles. The minimum absolute atomic E-state index is 0.137. The molecule has 0 radical (unpaired) electrons. The van der Waals surface area contributed by atoms with Crippen LogP contribution >= 0.6 is 11.8 Å². The Bertz CT molecular complexity index is 734. The number of nitrogens with zero attached hydrogens (tertiary/aromatic N) is 3. The van der Waals surface area contributed by atoms with Gasteiger partial charge in [0, 0.05) is 11.3 Å². The average molecular weight is 346 g/mol. The number of aryl methyl sites for hydroxylation is 1. The van der Waals surface area contributed by atoms with E-state index in [4.69, 9.17) is 4.52 Å². The average Bonchev–Trinajstić information content (AvgIpc) is 3.24. The molecule has 3 rings (SSSR count). The van der Waals surface area contributed by atoms with Crippen molar-refractivity contribution >= 4 is 23.6 Å². The number of aromatic nitrogens is 2. The molecule has 0 bridgehead atoms. The van der Waals surface area contributed by atoms with Gasteiger partial charge in [0.1, 0.15) is 12.1 Å². The second kappa shape index (κ2) is 7.04. The van der Waals surface area contributed by atoms with E-state index >= 15 is 0 Å². The van der Waals surface area contributed by atoms with Gasteiger partial charge < -0.3 is 14.7 Å². The van der Waals surface area contributed by atoms with E-state index in [1.165, 1.54) is 0 Å². The molecular weight excluding hydrogens is 328 g/mol. The molecule has 1 aromatic heterocycles. The van der Waals surface area contributed by atoms with Crippen molar-refractivity contribution in [2.45, 2.75) is 25.9 Å². The topological polar surface area (TPSA) is 88.3 Å². The molecule has 1 aliphatic heterocycles. The van der Waals surface area contributed by atoms with Crippen LogP contribution in [-0.2, 0) is 4.79 Å². The predicted octanol–water partition coefficient (Wildman–Crippen LogP) is 1.77. The molecule has 2 heterocycles.